The van der Waals surface area contributed by atoms with Crippen molar-refractivity contribution in [3.8, 4) is 11.1 Å². The van der Waals surface area contributed by atoms with Crippen molar-refractivity contribution in [2.45, 2.75) is 26.2 Å². The number of nitrogens with one attached hydrogen (secondary N) is 2. The van der Waals surface area contributed by atoms with Crippen molar-refractivity contribution in [1.82, 2.24) is 10.2 Å². The molecule has 0 atom stereocenters. The fourth-order valence-electron chi connectivity index (χ4n) is 3.31. The van der Waals surface area contributed by atoms with Crippen molar-refractivity contribution in [3.63, 3.8) is 0 Å². The number of likely N-dealkylation sites (tertiary alicyclic amines) is 1. The van der Waals surface area contributed by atoms with E-state index in [1.807, 2.05) is 35.7 Å². The molecule has 0 aliphatic carbocycles. The summed E-state index contributed by atoms with van der Waals surface area (Å²) in [7, 11) is 0. The van der Waals surface area contributed by atoms with Crippen LogP contribution in [0.5, 0.6) is 0 Å². The van der Waals surface area contributed by atoms with Crippen LogP contribution >= 0.6 is 23.6 Å². The predicted octanol–water partition coefficient (Wildman–Crippen LogP) is 3.89. The number of esters is 1. The van der Waals surface area contributed by atoms with Crippen LogP contribution in [0, 0.1) is 0 Å². The van der Waals surface area contributed by atoms with Gasteiger partial charge in [0.25, 0.3) is 0 Å². The third-order valence-corrected chi connectivity index (χ3v) is 5.75. The lowest BCUT2D eigenvalue weighted by molar-refractivity contribution is -0.121. The van der Waals surface area contributed by atoms with Crippen LogP contribution < -0.4 is 10.6 Å². The van der Waals surface area contributed by atoms with Gasteiger partial charge in [-0.15, -0.1) is 11.3 Å². The van der Waals surface area contributed by atoms with Crippen molar-refractivity contribution in [3.05, 3.63) is 41.3 Å². The third kappa shape index (κ3) is 5.85. The van der Waals surface area contributed by atoms with Gasteiger partial charge in [0.2, 0.25) is 5.91 Å². The molecule has 1 fully saturated rings. The molecule has 1 aliphatic rings. The second-order valence-corrected chi connectivity index (χ2v) is 8.07. The lowest BCUT2D eigenvalue weighted by Gasteiger charge is -2.25. The molecule has 29 heavy (non-hydrogen) atoms. The summed E-state index contributed by atoms with van der Waals surface area (Å²) >= 11 is 6.66. The molecule has 0 spiro atoms. The number of nitrogens with zero attached hydrogens (tertiary/aromatic N) is 1. The number of carbonyl (C=O) groups is 2. The number of anilines is 1. The van der Waals surface area contributed by atoms with E-state index in [1.165, 1.54) is 17.8 Å². The van der Waals surface area contributed by atoms with Crippen molar-refractivity contribution < 1.29 is 14.3 Å². The predicted molar refractivity (Wildman–Crippen MR) is 120 cm³/mol. The fourth-order valence-corrected chi connectivity index (χ4v) is 4.55. The number of hydrogen-bond acceptors (Lipinski definition) is 6. The molecule has 2 N–H and O–H groups in total. The molecule has 1 amide bonds. The van der Waals surface area contributed by atoms with Crippen LogP contribution in [0.25, 0.3) is 11.1 Å². The van der Waals surface area contributed by atoms with Crippen LogP contribution in [-0.4, -0.2) is 48.1 Å². The zero-order valence-corrected chi connectivity index (χ0v) is 18.0. The number of amides is 1. The number of benzene rings is 1. The molecule has 0 radical (unpaired) electrons. The quantitative estimate of drug-likeness (QED) is 0.534. The molecule has 3 rings (SSSR count). The van der Waals surface area contributed by atoms with Crippen LogP contribution in [0.15, 0.2) is 35.7 Å². The zero-order chi connectivity index (χ0) is 20.6. The molecular formula is C21H25N3O3S2. The maximum absolute atomic E-state index is 12.6. The monoisotopic (exact) mass is 431 g/mol. The Morgan fingerprint density at radius 1 is 1.17 bits per heavy atom. The van der Waals surface area contributed by atoms with Gasteiger partial charge in [-0.3, -0.25) is 9.69 Å². The second kappa shape index (κ2) is 10.5. The smallest absolute Gasteiger partial charge is 0.341 e. The van der Waals surface area contributed by atoms with E-state index in [2.05, 4.69) is 15.5 Å². The first-order chi connectivity index (χ1) is 14.1. The Morgan fingerprint density at radius 3 is 2.59 bits per heavy atom. The Hall–Kier alpha value is -2.29. The van der Waals surface area contributed by atoms with Crippen LogP contribution in [0.1, 0.15) is 36.5 Å². The summed E-state index contributed by atoms with van der Waals surface area (Å²) in [5.74, 6) is -0.570. The number of carbonyl (C=O) groups excluding carboxylic acids is 2. The minimum absolute atomic E-state index is 0.151. The van der Waals surface area contributed by atoms with Crippen LogP contribution in [0.2, 0.25) is 0 Å². The molecule has 6 nitrogen and oxygen atoms in total. The second-order valence-electron chi connectivity index (χ2n) is 6.78. The Bertz CT molecular complexity index is 861. The molecular weight excluding hydrogens is 406 g/mol. The number of hydrogen-bond donors (Lipinski definition) is 2. The van der Waals surface area contributed by atoms with Gasteiger partial charge in [0.1, 0.15) is 10.6 Å². The molecule has 1 aliphatic heterocycles. The summed E-state index contributed by atoms with van der Waals surface area (Å²) in [6, 6.07) is 9.63. The summed E-state index contributed by atoms with van der Waals surface area (Å²) in [6.45, 7) is 4.24. The summed E-state index contributed by atoms with van der Waals surface area (Å²) in [6.07, 6.45) is 3.46. The van der Waals surface area contributed by atoms with Gasteiger partial charge in [-0.05, 0) is 50.6 Å². The Labute approximate surface area is 180 Å². The van der Waals surface area contributed by atoms with Crippen LogP contribution in [-0.2, 0) is 9.53 Å². The Balaban J connectivity index is 1.70. The van der Waals surface area contributed by atoms with Gasteiger partial charge in [-0.1, -0.05) is 36.8 Å². The van der Waals surface area contributed by atoms with Gasteiger partial charge in [0.15, 0.2) is 5.11 Å². The van der Waals surface area contributed by atoms with E-state index in [0.29, 0.717) is 17.1 Å². The molecule has 0 unspecified atom stereocenters. The van der Waals surface area contributed by atoms with E-state index < -0.39 is 5.97 Å². The number of ether oxygens (including phenoxy) is 1. The molecule has 1 aromatic carbocycles. The maximum Gasteiger partial charge on any atom is 0.341 e. The van der Waals surface area contributed by atoms with E-state index in [0.717, 1.165) is 37.1 Å². The number of piperidine rings is 1. The fraction of sp³-hybridized carbons (Fsp3) is 0.381. The average Bonchev–Trinajstić information content (AvgIpc) is 3.13. The number of thiocarbonyl (C=S) groups is 1. The molecule has 0 saturated carbocycles. The van der Waals surface area contributed by atoms with E-state index in [4.69, 9.17) is 17.0 Å². The highest BCUT2D eigenvalue weighted by atomic mass is 32.1. The average molecular weight is 432 g/mol. The number of rotatable bonds is 6. The number of thiophene rings is 1. The van der Waals surface area contributed by atoms with Gasteiger partial charge in [0, 0.05) is 10.9 Å². The summed E-state index contributed by atoms with van der Waals surface area (Å²) in [4.78, 5) is 27.0. The molecule has 154 valence electrons. The van der Waals surface area contributed by atoms with Gasteiger partial charge in [-0.2, -0.15) is 0 Å². The van der Waals surface area contributed by atoms with Gasteiger partial charge in [0.05, 0.1) is 13.2 Å². The summed E-state index contributed by atoms with van der Waals surface area (Å²) in [5.41, 5.74) is 2.12. The molecule has 0 bridgehead atoms. The lowest BCUT2D eigenvalue weighted by Crippen LogP contribution is -2.43. The van der Waals surface area contributed by atoms with Gasteiger partial charge >= 0.3 is 5.97 Å². The standard InChI is InChI=1S/C21H25N3O3S2/c1-2-27-20(26)18-16(15-9-5-3-6-10-15)14-29-19(18)23-21(28)22-17(25)13-24-11-7-4-8-12-24/h3,5-6,9-10,14H,2,4,7-8,11-13H2,1H3,(H2,22,23,25,28). The van der Waals surface area contributed by atoms with Gasteiger partial charge < -0.3 is 15.4 Å². The third-order valence-electron chi connectivity index (χ3n) is 4.65. The molecule has 2 aromatic rings. The molecule has 1 saturated heterocycles. The molecule has 2 heterocycles. The van der Waals surface area contributed by atoms with Gasteiger partial charge in [-0.25, -0.2) is 4.79 Å². The van der Waals surface area contributed by atoms with E-state index in [-0.39, 0.29) is 17.6 Å². The normalized spacial score (nSPS) is 14.2. The SMILES string of the molecule is CCOC(=O)c1c(-c2ccccc2)csc1NC(=S)NC(=O)CN1CCCCC1. The highest BCUT2D eigenvalue weighted by Crippen LogP contribution is 2.36. The van der Waals surface area contributed by atoms with E-state index in [1.54, 1.807) is 6.92 Å². The van der Waals surface area contributed by atoms with Crippen molar-refractivity contribution in [2.24, 2.45) is 0 Å². The molecule has 8 heteroatoms. The zero-order valence-electron chi connectivity index (χ0n) is 16.4. The lowest BCUT2D eigenvalue weighted by atomic mass is 10.0. The highest BCUT2D eigenvalue weighted by molar-refractivity contribution is 7.80. The first-order valence-corrected chi connectivity index (χ1v) is 11.0. The summed E-state index contributed by atoms with van der Waals surface area (Å²) in [5, 5.41) is 8.36. The van der Waals surface area contributed by atoms with E-state index >= 15 is 0 Å². The van der Waals surface area contributed by atoms with Crippen molar-refractivity contribution >= 4 is 45.5 Å². The maximum atomic E-state index is 12.6. The van der Waals surface area contributed by atoms with Crippen molar-refractivity contribution in [2.75, 3.05) is 31.6 Å². The molecule has 1 aromatic heterocycles. The first kappa shape index (κ1) is 21.4. The minimum atomic E-state index is -0.419. The van der Waals surface area contributed by atoms with E-state index in [9.17, 15) is 9.59 Å². The minimum Gasteiger partial charge on any atom is -0.462 e. The topological polar surface area (TPSA) is 70.7 Å². The highest BCUT2D eigenvalue weighted by Gasteiger charge is 2.22. The Morgan fingerprint density at radius 2 is 1.90 bits per heavy atom. The largest absolute Gasteiger partial charge is 0.462 e. The van der Waals surface area contributed by atoms with Crippen molar-refractivity contribution in [1.29, 1.82) is 0 Å². The van der Waals surface area contributed by atoms with Crippen LogP contribution in [0.4, 0.5) is 5.00 Å². The van der Waals surface area contributed by atoms with Crippen LogP contribution in [0.3, 0.4) is 0 Å². The Kier molecular flexibility index (Phi) is 7.74. The first-order valence-electron chi connectivity index (χ1n) is 9.75. The summed E-state index contributed by atoms with van der Waals surface area (Å²) < 4.78 is 5.24.